The number of nitrogen functional groups attached to an aromatic ring is 1. The predicted octanol–water partition coefficient (Wildman–Crippen LogP) is 0.326. The highest BCUT2D eigenvalue weighted by Crippen LogP contribution is 2.32. The summed E-state index contributed by atoms with van der Waals surface area (Å²) in [6.45, 7) is -0.141. The summed E-state index contributed by atoms with van der Waals surface area (Å²) in [4.78, 5) is -0.0923. The highest BCUT2D eigenvalue weighted by molar-refractivity contribution is 9.10. The van der Waals surface area contributed by atoms with E-state index in [1.54, 1.807) is 0 Å². The Morgan fingerprint density at radius 3 is 2.65 bits per heavy atom. The van der Waals surface area contributed by atoms with Crippen molar-refractivity contribution in [3.63, 3.8) is 0 Å². The number of methoxy groups -OCH3 is 2. The average molecular weight is 369 g/mol. The molecule has 0 saturated heterocycles. The lowest BCUT2D eigenvalue weighted by atomic mass is 10.3. The molecule has 0 aliphatic rings. The number of benzene rings is 1. The molecule has 1 rings (SSSR count). The largest absolute Gasteiger partial charge is 0.495 e. The number of aliphatic hydroxyl groups is 1. The van der Waals surface area contributed by atoms with Gasteiger partial charge in [-0.1, -0.05) is 0 Å². The van der Waals surface area contributed by atoms with Gasteiger partial charge in [0, 0.05) is 23.8 Å². The number of aliphatic hydroxyl groups excluding tert-OH is 1. The predicted molar refractivity (Wildman–Crippen MR) is 78.2 cm³/mol. The van der Waals surface area contributed by atoms with Crippen LogP contribution in [0.5, 0.6) is 5.75 Å². The molecule has 9 heteroatoms. The zero-order chi connectivity index (χ0) is 15.3. The molecule has 0 radical (unpaired) electrons. The summed E-state index contributed by atoms with van der Waals surface area (Å²) >= 11 is 3.19. The molecule has 20 heavy (non-hydrogen) atoms. The van der Waals surface area contributed by atoms with Crippen LogP contribution >= 0.6 is 15.9 Å². The molecule has 114 valence electrons. The second-order valence-corrected chi connectivity index (χ2v) is 6.58. The minimum atomic E-state index is -3.85. The van der Waals surface area contributed by atoms with Crippen molar-refractivity contribution in [3.05, 3.63) is 16.6 Å². The van der Waals surface area contributed by atoms with Gasteiger partial charge in [0.15, 0.2) is 0 Å². The van der Waals surface area contributed by atoms with E-state index in [-0.39, 0.29) is 29.5 Å². The number of halogens is 1. The van der Waals surface area contributed by atoms with Gasteiger partial charge in [-0.25, -0.2) is 13.1 Å². The van der Waals surface area contributed by atoms with Gasteiger partial charge >= 0.3 is 0 Å². The van der Waals surface area contributed by atoms with Crippen LogP contribution < -0.4 is 15.2 Å². The van der Waals surface area contributed by atoms with E-state index in [4.69, 9.17) is 15.2 Å². The van der Waals surface area contributed by atoms with Crippen LogP contribution in [0.2, 0.25) is 0 Å². The van der Waals surface area contributed by atoms with Gasteiger partial charge in [-0.15, -0.1) is 0 Å². The first-order valence-electron chi connectivity index (χ1n) is 5.61. The number of rotatable bonds is 7. The molecular formula is C11H17BrN2O5S. The maximum atomic E-state index is 12.2. The molecule has 1 unspecified atom stereocenters. The third-order valence-corrected chi connectivity index (χ3v) is 4.57. The molecule has 0 heterocycles. The highest BCUT2D eigenvalue weighted by Gasteiger charge is 2.22. The number of anilines is 1. The quantitative estimate of drug-likeness (QED) is 0.598. The standard InChI is InChI=1S/C11H17BrN2O5S/c1-18-6-7(15)5-14-20(16,17)11-4-9(13)8(12)3-10(11)19-2/h3-4,7,14-15H,5-6,13H2,1-2H3. The summed E-state index contributed by atoms with van der Waals surface area (Å²) in [6.07, 6.45) is -0.937. The van der Waals surface area contributed by atoms with Crippen molar-refractivity contribution in [1.29, 1.82) is 0 Å². The van der Waals surface area contributed by atoms with Crippen LogP contribution in [0.3, 0.4) is 0 Å². The topological polar surface area (TPSA) is 111 Å². The number of nitrogens with one attached hydrogen (secondary N) is 1. The van der Waals surface area contributed by atoms with Crippen LogP contribution in [-0.4, -0.2) is 47.0 Å². The van der Waals surface area contributed by atoms with Crippen molar-refractivity contribution in [1.82, 2.24) is 4.72 Å². The maximum Gasteiger partial charge on any atom is 0.244 e. The number of hydrogen-bond acceptors (Lipinski definition) is 6. The molecular weight excluding hydrogens is 352 g/mol. The first-order valence-corrected chi connectivity index (χ1v) is 7.89. The van der Waals surface area contributed by atoms with E-state index < -0.39 is 16.1 Å². The van der Waals surface area contributed by atoms with Crippen LogP contribution in [0.4, 0.5) is 5.69 Å². The Morgan fingerprint density at radius 1 is 1.45 bits per heavy atom. The lowest BCUT2D eigenvalue weighted by Crippen LogP contribution is -2.34. The molecule has 4 N–H and O–H groups in total. The van der Waals surface area contributed by atoms with Crippen molar-refractivity contribution in [2.75, 3.05) is 33.1 Å². The van der Waals surface area contributed by atoms with Crippen molar-refractivity contribution in [2.45, 2.75) is 11.0 Å². The van der Waals surface area contributed by atoms with E-state index >= 15 is 0 Å². The minimum absolute atomic E-state index is 0.0299. The van der Waals surface area contributed by atoms with Crippen molar-refractivity contribution in [2.24, 2.45) is 0 Å². The normalized spacial score (nSPS) is 13.2. The maximum absolute atomic E-state index is 12.2. The zero-order valence-electron chi connectivity index (χ0n) is 11.1. The zero-order valence-corrected chi connectivity index (χ0v) is 13.5. The van der Waals surface area contributed by atoms with Gasteiger partial charge in [0.05, 0.1) is 19.8 Å². The molecule has 0 saturated carbocycles. The van der Waals surface area contributed by atoms with Crippen molar-refractivity contribution < 1.29 is 23.0 Å². The number of ether oxygens (including phenoxy) is 2. The second kappa shape index (κ2) is 7.23. The molecule has 0 aromatic heterocycles. The molecule has 1 aromatic carbocycles. The Balaban J connectivity index is 3.00. The fraction of sp³-hybridized carbons (Fsp3) is 0.455. The van der Waals surface area contributed by atoms with E-state index in [1.165, 1.54) is 26.4 Å². The van der Waals surface area contributed by atoms with Crippen molar-refractivity contribution in [3.8, 4) is 5.75 Å². The fourth-order valence-corrected chi connectivity index (χ4v) is 3.03. The average Bonchev–Trinajstić information content (AvgIpc) is 2.39. The Bertz CT molecular complexity index is 564. The molecule has 0 bridgehead atoms. The Hall–Kier alpha value is -0.870. The number of nitrogens with two attached hydrogens (primary N) is 1. The summed E-state index contributed by atoms with van der Waals surface area (Å²) in [6, 6.07) is 2.75. The van der Waals surface area contributed by atoms with Gasteiger partial charge in [-0.05, 0) is 28.1 Å². The lowest BCUT2D eigenvalue weighted by molar-refractivity contribution is 0.0679. The fourth-order valence-electron chi connectivity index (χ4n) is 1.46. The Kier molecular flexibility index (Phi) is 6.21. The first-order chi connectivity index (χ1) is 9.31. The molecule has 1 atom stereocenters. The number of hydrogen-bond donors (Lipinski definition) is 3. The van der Waals surface area contributed by atoms with Gasteiger partial charge in [0.2, 0.25) is 10.0 Å². The Labute approximate surface area is 126 Å². The van der Waals surface area contributed by atoms with Gasteiger partial charge in [0.25, 0.3) is 0 Å². The third kappa shape index (κ3) is 4.32. The molecule has 0 spiro atoms. The van der Waals surface area contributed by atoms with Crippen LogP contribution in [0.25, 0.3) is 0 Å². The molecule has 0 aliphatic carbocycles. The van der Waals surface area contributed by atoms with Crippen LogP contribution in [0, 0.1) is 0 Å². The van der Waals surface area contributed by atoms with E-state index in [9.17, 15) is 13.5 Å². The van der Waals surface area contributed by atoms with Gasteiger partial charge in [0.1, 0.15) is 10.6 Å². The first kappa shape index (κ1) is 17.2. The monoisotopic (exact) mass is 368 g/mol. The van der Waals surface area contributed by atoms with E-state index in [2.05, 4.69) is 20.7 Å². The van der Waals surface area contributed by atoms with E-state index in [0.29, 0.717) is 4.47 Å². The number of sulfonamides is 1. The summed E-state index contributed by atoms with van der Waals surface area (Å²) in [5, 5.41) is 9.47. The molecule has 7 nitrogen and oxygen atoms in total. The van der Waals surface area contributed by atoms with Gasteiger partial charge in [-0.2, -0.15) is 0 Å². The summed E-state index contributed by atoms with van der Waals surface area (Å²) in [7, 11) is -1.08. The highest BCUT2D eigenvalue weighted by atomic mass is 79.9. The summed E-state index contributed by atoms with van der Waals surface area (Å²) < 4.78 is 36.9. The van der Waals surface area contributed by atoms with Crippen LogP contribution in [0.1, 0.15) is 0 Å². The van der Waals surface area contributed by atoms with Crippen LogP contribution in [0.15, 0.2) is 21.5 Å². The molecule has 0 amide bonds. The lowest BCUT2D eigenvalue weighted by Gasteiger charge is -2.14. The SMILES string of the molecule is COCC(O)CNS(=O)(=O)c1cc(N)c(Br)cc1OC. The van der Waals surface area contributed by atoms with E-state index in [0.717, 1.165) is 0 Å². The summed E-state index contributed by atoms with van der Waals surface area (Å²) in [5.74, 6) is 0.153. The Morgan fingerprint density at radius 2 is 2.10 bits per heavy atom. The van der Waals surface area contributed by atoms with Gasteiger partial charge in [-0.3, -0.25) is 0 Å². The van der Waals surface area contributed by atoms with E-state index in [1.807, 2.05) is 0 Å². The van der Waals surface area contributed by atoms with Crippen molar-refractivity contribution >= 4 is 31.6 Å². The van der Waals surface area contributed by atoms with Gasteiger partial charge < -0.3 is 20.3 Å². The minimum Gasteiger partial charge on any atom is -0.495 e. The molecule has 0 aliphatic heterocycles. The van der Waals surface area contributed by atoms with Crippen LogP contribution in [-0.2, 0) is 14.8 Å². The molecule has 1 aromatic rings. The third-order valence-electron chi connectivity index (χ3n) is 2.44. The second-order valence-electron chi connectivity index (χ2n) is 3.99. The summed E-state index contributed by atoms with van der Waals surface area (Å²) in [5.41, 5.74) is 5.95. The molecule has 0 fully saturated rings. The smallest absolute Gasteiger partial charge is 0.244 e.